The van der Waals surface area contributed by atoms with Crippen LogP contribution in [0.4, 0.5) is 0 Å². The molecule has 30 heavy (non-hydrogen) atoms. The van der Waals surface area contributed by atoms with Crippen LogP contribution in [0.15, 0.2) is 41.1 Å². The molecular formula is C23H25N3O3S. The predicted octanol–water partition coefficient (Wildman–Crippen LogP) is 4.55. The van der Waals surface area contributed by atoms with E-state index in [-0.39, 0.29) is 11.8 Å². The van der Waals surface area contributed by atoms with Crippen LogP contribution in [0.3, 0.4) is 0 Å². The Kier molecular flexibility index (Phi) is 5.99. The monoisotopic (exact) mass is 423 g/mol. The third-order valence-electron chi connectivity index (χ3n) is 5.47. The molecular weight excluding hydrogens is 398 g/mol. The molecule has 1 aromatic carbocycles. The van der Waals surface area contributed by atoms with Crippen LogP contribution >= 0.6 is 11.3 Å². The smallest absolute Gasteiger partial charge is 0.257 e. The van der Waals surface area contributed by atoms with Gasteiger partial charge in [0.2, 0.25) is 0 Å². The highest BCUT2D eigenvalue weighted by Crippen LogP contribution is 2.31. The number of hydrogen-bond donors (Lipinski definition) is 0. The summed E-state index contributed by atoms with van der Waals surface area (Å²) in [7, 11) is 3.17. The third kappa shape index (κ3) is 4.16. The predicted molar refractivity (Wildman–Crippen MR) is 118 cm³/mol. The van der Waals surface area contributed by atoms with Gasteiger partial charge in [0, 0.05) is 35.6 Å². The topological polar surface area (TPSA) is 64.6 Å². The second-order valence-electron chi connectivity index (χ2n) is 7.40. The molecule has 0 spiro atoms. The SMILES string of the molecule is COc1ccc(OC)c(C(=O)N2CCC(c3nc(C)cc(-c4ccsc4)n3)CC2)c1. The third-order valence-corrected chi connectivity index (χ3v) is 6.16. The van der Waals surface area contributed by atoms with Crippen LogP contribution in [0.5, 0.6) is 11.5 Å². The number of carbonyl (C=O) groups excluding carboxylic acids is 1. The van der Waals surface area contributed by atoms with E-state index in [4.69, 9.17) is 19.4 Å². The molecule has 0 atom stereocenters. The van der Waals surface area contributed by atoms with Gasteiger partial charge in [-0.2, -0.15) is 11.3 Å². The summed E-state index contributed by atoms with van der Waals surface area (Å²) in [4.78, 5) is 24.5. The molecule has 1 aliphatic rings. The number of amides is 1. The van der Waals surface area contributed by atoms with E-state index in [0.29, 0.717) is 30.2 Å². The van der Waals surface area contributed by atoms with E-state index in [1.807, 2.05) is 17.9 Å². The first-order valence-corrected chi connectivity index (χ1v) is 10.9. The number of carbonyl (C=O) groups is 1. The van der Waals surface area contributed by atoms with Gasteiger partial charge in [-0.05, 0) is 55.5 Å². The summed E-state index contributed by atoms with van der Waals surface area (Å²) in [6, 6.07) is 9.41. The molecule has 4 rings (SSSR count). The van der Waals surface area contributed by atoms with Crippen LogP contribution in [0.2, 0.25) is 0 Å². The number of methoxy groups -OCH3 is 2. The van der Waals surface area contributed by atoms with E-state index in [1.54, 1.807) is 43.8 Å². The first kappa shape index (κ1) is 20.3. The number of thiophene rings is 1. The van der Waals surface area contributed by atoms with Crippen LogP contribution in [0.1, 0.15) is 40.6 Å². The lowest BCUT2D eigenvalue weighted by Crippen LogP contribution is -2.38. The average molecular weight is 424 g/mol. The van der Waals surface area contributed by atoms with Crippen LogP contribution in [0.25, 0.3) is 11.3 Å². The lowest BCUT2D eigenvalue weighted by atomic mass is 9.95. The zero-order valence-electron chi connectivity index (χ0n) is 17.4. The van der Waals surface area contributed by atoms with E-state index in [0.717, 1.165) is 35.6 Å². The number of hydrogen-bond acceptors (Lipinski definition) is 6. The lowest BCUT2D eigenvalue weighted by molar-refractivity contribution is 0.0707. The quantitative estimate of drug-likeness (QED) is 0.602. The van der Waals surface area contributed by atoms with Gasteiger partial charge in [-0.1, -0.05) is 0 Å². The summed E-state index contributed by atoms with van der Waals surface area (Å²) < 4.78 is 10.7. The zero-order chi connectivity index (χ0) is 21.1. The molecule has 6 nitrogen and oxygen atoms in total. The maximum Gasteiger partial charge on any atom is 0.257 e. The number of benzene rings is 1. The molecule has 0 saturated carbocycles. The molecule has 2 aromatic heterocycles. The van der Waals surface area contributed by atoms with E-state index in [2.05, 4.69) is 16.8 Å². The molecule has 3 heterocycles. The second-order valence-corrected chi connectivity index (χ2v) is 8.18. The first-order valence-electron chi connectivity index (χ1n) is 9.98. The normalized spacial score (nSPS) is 14.6. The fourth-order valence-corrected chi connectivity index (χ4v) is 4.47. The average Bonchev–Trinajstić information content (AvgIpc) is 3.33. The van der Waals surface area contributed by atoms with Crippen molar-refractivity contribution in [1.82, 2.24) is 14.9 Å². The number of likely N-dealkylation sites (tertiary alicyclic amines) is 1. The van der Waals surface area contributed by atoms with Crippen molar-refractivity contribution in [3.8, 4) is 22.8 Å². The molecule has 1 amide bonds. The minimum Gasteiger partial charge on any atom is -0.497 e. The molecule has 0 aliphatic carbocycles. The number of rotatable bonds is 5. The Hall–Kier alpha value is -2.93. The molecule has 0 N–H and O–H groups in total. The van der Waals surface area contributed by atoms with E-state index >= 15 is 0 Å². The lowest BCUT2D eigenvalue weighted by Gasteiger charge is -2.32. The van der Waals surface area contributed by atoms with Gasteiger partial charge in [0.15, 0.2) is 0 Å². The number of piperidine rings is 1. The fourth-order valence-electron chi connectivity index (χ4n) is 3.82. The van der Waals surface area contributed by atoms with Crippen LogP contribution in [-0.4, -0.2) is 48.1 Å². The number of ether oxygens (including phenoxy) is 2. The summed E-state index contributed by atoms with van der Waals surface area (Å²) in [6.07, 6.45) is 1.68. The van der Waals surface area contributed by atoms with Crippen molar-refractivity contribution in [3.05, 3.63) is 58.2 Å². The van der Waals surface area contributed by atoms with Gasteiger partial charge in [-0.3, -0.25) is 4.79 Å². The number of aromatic nitrogens is 2. The van der Waals surface area contributed by atoms with E-state index in [9.17, 15) is 4.79 Å². The van der Waals surface area contributed by atoms with Gasteiger partial charge in [-0.15, -0.1) is 0 Å². The Morgan fingerprint density at radius 2 is 1.90 bits per heavy atom. The highest BCUT2D eigenvalue weighted by Gasteiger charge is 2.28. The molecule has 7 heteroatoms. The Morgan fingerprint density at radius 1 is 1.10 bits per heavy atom. The highest BCUT2D eigenvalue weighted by molar-refractivity contribution is 7.08. The van der Waals surface area contributed by atoms with Crippen molar-refractivity contribution < 1.29 is 14.3 Å². The van der Waals surface area contributed by atoms with Crippen molar-refractivity contribution in [2.75, 3.05) is 27.3 Å². The fraction of sp³-hybridized carbons (Fsp3) is 0.348. The van der Waals surface area contributed by atoms with Gasteiger partial charge in [0.05, 0.1) is 25.5 Å². The van der Waals surface area contributed by atoms with Gasteiger partial charge >= 0.3 is 0 Å². The maximum atomic E-state index is 13.1. The van der Waals surface area contributed by atoms with Gasteiger partial charge < -0.3 is 14.4 Å². The number of nitrogens with zero attached hydrogens (tertiary/aromatic N) is 3. The summed E-state index contributed by atoms with van der Waals surface area (Å²) in [5, 5.41) is 4.16. The van der Waals surface area contributed by atoms with Gasteiger partial charge in [0.25, 0.3) is 5.91 Å². The maximum absolute atomic E-state index is 13.1. The van der Waals surface area contributed by atoms with E-state index in [1.165, 1.54) is 0 Å². The molecule has 3 aromatic rings. The minimum absolute atomic E-state index is 0.0340. The largest absolute Gasteiger partial charge is 0.497 e. The summed E-state index contributed by atoms with van der Waals surface area (Å²) >= 11 is 1.66. The van der Waals surface area contributed by atoms with E-state index < -0.39 is 0 Å². The molecule has 1 saturated heterocycles. The Bertz CT molecular complexity index is 1030. The van der Waals surface area contributed by atoms with Gasteiger partial charge in [0.1, 0.15) is 17.3 Å². The standard InChI is InChI=1S/C23H25N3O3S/c1-15-12-20(17-8-11-30-14-17)25-22(24-15)16-6-9-26(10-7-16)23(27)19-13-18(28-2)4-5-21(19)29-3/h4-5,8,11-14,16H,6-7,9-10H2,1-3H3. The first-order chi connectivity index (χ1) is 14.6. The molecule has 156 valence electrons. The Morgan fingerprint density at radius 3 is 2.57 bits per heavy atom. The van der Waals surface area contributed by atoms with Crippen LogP contribution < -0.4 is 9.47 Å². The van der Waals surface area contributed by atoms with Crippen molar-refractivity contribution in [2.45, 2.75) is 25.7 Å². The summed E-state index contributed by atoms with van der Waals surface area (Å²) in [6.45, 7) is 3.33. The Balaban J connectivity index is 1.49. The molecule has 1 fully saturated rings. The Labute approximate surface area is 180 Å². The molecule has 0 radical (unpaired) electrons. The molecule has 0 bridgehead atoms. The summed E-state index contributed by atoms with van der Waals surface area (Å²) in [5.41, 5.74) is 3.60. The van der Waals surface area contributed by atoms with Crippen LogP contribution in [-0.2, 0) is 0 Å². The second kappa shape index (κ2) is 8.83. The molecule has 0 unspecified atom stereocenters. The van der Waals surface area contributed by atoms with Crippen LogP contribution in [0, 0.1) is 6.92 Å². The minimum atomic E-state index is -0.0340. The highest BCUT2D eigenvalue weighted by atomic mass is 32.1. The molecule has 1 aliphatic heterocycles. The van der Waals surface area contributed by atoms with Gasteiger partial charge in [-0.25, -0.2) is 9.97 Å². The summed E-state index contributed by atoms with van der Waals surface area (Å²) in [5.74, 6) is 2.29. The van der Waals surface area contributed by atoms with Crippen molar-refractivity contribution >= 4 is 17.2 Å². The van der Waals surface area contributed by atoms with Crippen molar-refractivity contribution in [3.63, 3.8) is 0 Å². The number of aryl methyl sites for hydroxylation is 1. The zero-order valence-corrected chi connectivity index (χ0v) is 18.2. The van der Waals surface area contributed by atoms with Crippen molar-refractivity contribution in [2.24, 2.45) is 0 Å². The van der Waals surface area contributed by atoms with Crippen molar-refractivity contribution in [1.29, 1.82) is 0 Å².